The second-order valence-corrected chi connectivity index (χ2v) is 15.9. The molecule has 58 valence electrons. The number of benzene rings is 1. The minimum atomic E-state index is -0.250. The molecule has 0 spiro atoms. The topological polar surface area (TPSA) is 0 Å². The summed E-state index contributed by atoms with van der Waals surface area (Å²) in [7, 11) is 0. The number of hydrogen-bond acceptors (Lipinski definition) is 0. The summed E-state index contributed by atoms with van der Waals surface area (Å²) in [6, 6.07) is 6.70. The van der Waals surface area contributed by atoms with Gasteiger partial charge in [0.25, 0.3) is 0 Å². The molecule has 0 heterocycles. The Bertz CT molecular complexity index is 184. The summed E-state index contributed by atoms with van der Waals surface area (Å²) >= 11 is 6.25. The van der Waals surface area contributed by atoms with Crippen molar-refractivity contribution in [1.82, 2.24) is 0 Å². The number of hydrogen-bond donors (Lipinski definition) is 0. The van der Waals surface area contributed by atoms with Crippen molar-refractivity contribution < 1.29 is 17.6 Å². The van der Waals surface area contributed by atoms with Gasteiger partial charge in [0.2, 0.25) is 0 Å². The first-order chi connectivity index (χ1) is 5.22. The molecule has 0 N–H and O–H groups in total. The Balaban J connectivity index is 0.000000292. The van der Waals surface area contributed by atoms with Crippen LogP contribution in [0, 0.1) is 12.7 Å². The van der Waals surface area contributed by atoms with Gasteiger partial charge in [0.05, 0.1) is 0 Å². The summed E-state index contributed by atoms with van der Waals surface area (Å²) in [5.41, 5.74) is 0.701. The first-order valence-corrected chi connectivity index (χ1v) is 16.9. The van der Waals surface area contributed by atoms with Crippen molar-refractivity contribution in [3.05, 3.63) is 35.6 Å². The van der Waals surface area contributed by atoms with Crippen LogP contribution in [0.4, 0.5) is 4.39 Å². The van der Waals surface area contributed by atoms with E-state index in [-0.39, 0.29) is 19.0 Å². The molecular weight excluding hydrogens is 328 g/mol. The van der Waals surface area contributed by atoms with Crippen molar-refractivity contribution in [3.8, 4) is 0 Å². The average Bonchev–Trinajstić information content (AvgIpc) is 1.97. The summed E-state index contributed by atoms with van der Waals surface area (Å²) in [6.07, 6.45) is 0. The van der Waals surface area contributed by atoms with Gasteiger partial charge in [-0.2, -0.15) is 0 Å². The van der Waals surface area contributed by atoms with Crippen LogP contribution in [-0.4, -0.2) is 0 Å². The molecular formula is C7H7Br2FZn. The third kappa shape index (κ3) is 5.95. The van der Waals surface area contributed by atoms with E-state index in [0.717, 1.165) is 0 Å². The molecule has 0 bridgehead atoms. The Morgan fingerprint density at radius 2 is 1.73 bits per heavy atom. The van der Waals surface area contributed by atoms with E-state index < -0.39 is 0 Å². The van der Waals surface area contributed by atoms with Gasteiger partial charge in [0.15, 0.2) is 0 Å². The molecule has 0 aromatic heterocycles. The molecule has 1 aromatic rings. The summed E-state index contributed by atoms with van der Waals surface area (Å²) in [5, 5.41) is 0. The molecule has 0 aliphatic rings. The van der Waals surface area contributed by atoms with Crippen molar-refractivity contribution in [2.24, 2.45) is 0 Å². The normalized spacial score (nSPS) is 7.64. The van der Waals surface area contributed by atoms with Crippen LogP contribution in [0.15, 0.2) is 24.3 Å². The molecule has 4 heteroatoms. The van der Waals surface area contributed by atoms with Crippen LogP contribution in [-0.2, 0) is 13.2 Å². The van der Waals surface area contributed by atoms with Gasteiger partial charge < -0.3 is 0 Å². The van der Waals surface area contributed by atoms with Gasteiger partial charge in [-0.1, -0.05) is 18.2 Å². The van der Waals surface area contributed by atoms with Gasteiger partial charge in [0.1, 0.15) is 5.82 Å². The number of aryl methyl sites for hydroxylation is 1. The molecule has 0 radical (unpaired) electrons. The standard InChI is InChI=1S/C7H7F.2BrH.Zn/c1-6-4-2-3-5-7(6)8;;;/h2-5H,1H3;2*1H;/q;;;+2/p-2. The summed E-state index contributed by atoms with van der Waals surface area (Å²) < 4.78 is 12.3. The second kappa shape index (κ2) is 7.39. The Morgan fingerprint density at radius 3 is 2.00 bits per heavy atom. The fourth-order valence-corrected chi connectivity index (χ4v) is 0.551. The van der Waals surface area contributed by atoms with Crippen LogP contribution in [0.3, 0.4) is 0 Å². The first kappa shape index (κ1) is 11.7. The van der Waals surface area contributed by atoms with Crippen LogP contribution in [0.2, 0.25) is 0 Å². The molecule has 0 amide bonds. The minimum absolute atomic E-state index is 0.132. The van der Waals surface area contributed by atoms with Crippen molar-refractivity contribution in [2.75, 3.05) is 0 Å². The molecule has 0 saturated carbocycles. The van der Waals surface area contributed by atoms with Crippen LogP contribution in [0.5, 0.6) is 0 Å². The van der Waals surface area contributed by atoms with Gasteiger partial charge in [-0.25, -0.2) is 4.39 Å². The molecule has 0 aliphatic carbocycles. The van der Waals surface area contributed by atoms with Gasteiger partial charge >= 0.3 is 40.5 Å². The average molecular weight is 335 g/mol. The molecule has 0 saturated heterocycles. The molecule has 0 atom stereocenters. The molecule has 0 fully saturated rings. The second-order valence-electron chi connectivity index (χ2n) is 1.85. The fraction of sp³-hybridized carbons (Fsp3) is 0.143. The Morgan fingerprint density at radius 1 is 1.27 bits per heavy atom. The van der Waals surface area contributed by atoms with E-state index in [1.807, 2.05) is 6.07 Å². The van der Waals surface area contributed by atoms with E-state index >= 15 is 0 Å². The maximum atomic E-state index is 12.3. The molecule has 0 aliphatic heterocycles. The predicted molar refractivity (Wildman–Crippen MR) is 49.0 cm³/mol. The Hall–Kier alpha value is 0.733. The SMILES string of the molecule is Cc1ccccc1F.[Br][Zn][Br]. The zero-order chi connectivity index (χ0) is 8.69. The van der Waals surface area contributed by atoms with Gasteiger partial charge in [0, 0.05) is 0 Å². The number of rotatable bonds is 0. The molecule has 0 unspecified atom stereocenters. The maximum absolute atomic E-state index is 12.3. The van der Waals surface area contributed by atoms with Crippen molar-refractivity contribution in [1.29, 1.82) is 0 Å². The summed E-state index contributed by atoms with van der Waals surface area (Å²) in [5.74, 6) is -0.132. The summed E-state index contributed by atoms with van der Waals surface area (Å²) in [6.45, 7) is 1.75. The van der Waals surface area contributed by atoms with E-state index in [4.69, 9.17) is 0 Å². The number of halogens is 3. The Labute approximate surface area is 86.9 Å². The summed E-state index contributed by atoms with van der Waals surface area (Å²) in [4.78, 5) is 0. The molecule has 11 heavy (non-hydrogen) atoms. The van der Waals surface area contributed by atoms with Crippen LogP contribution in [0.25, 0.3) is 0 Å². The van der Waals surface area contributed by atoms with Gasteiger partial charge in [-0.3, -0.25) is 0 Å². The van der Waals surface area contributed by atoms with E-state index in [0.29, 0.717) is 5.56 Å². The first-order valence-electron chi connectivity index (χ1n) is 3.05. The quantitative estimate of drug-likeness (QED) is 0.632. The van der Waals surface area contributed by atoms with Crippen molar-refractivity contribution in [3.63, 3.8) is 0 Å². The van der Waals surface area contributed by atoms with E-state index in [1.165, 1.54) is 6.07 Å². The fourth-order valence-electron chi connectivity index (χ4n) is 0.551. The van der Waals surface area contributed by atoms with Crippen LogP contribution < -0.4 is 0 Å². The molecule has 1 aromatic carbocycles. The van der Waals surface area contributed by atoms with Gasteiger partial charge in [-0.15, -0.1) is 0 Å². The molecule has 1 rings (SSSR count). The Kier molecular flexibility index (Phi) is 7.88. The van der Waals surface area contributed by atoms with E-state index in [2.05, 4.69) is 27.2 Å². The van der Waals surface area contributed by atoms with E-state index in [9.17, 15) is 4.39 Å². The monoisotopic (exact) mass is 332 g/mol. The zero-order valence-corrected chi connectivity index (χ0v) is 12.3. The van der Waals surface area contributed by atoms with Crippen LogP contribution in [0.1, 0.15) is 5.56 Å². The third-order valence-electron chi connectivity index (χ3n) is 1.08. The van der Waals surface area contributed by atoms with Crippen molar-refractivity contribution in [2.45, 2.75) is 6.92 Å². The predicted octanol–water partition coefficient (Wildman–Crippen LogP) is 3.82. The van der Waals surface area contributed by atoms with Crippen molar-refractivity contribution >= 4 is 27.2 Å². The van der Waals surface area contributed by atoms with Crippen LogP contribution >= 0.6 is 27.2 Å². The van der Waals surface area contributed by atoms with E-state index in [1.54, 1.807) is 19.1 Å². The molecule has 0 nitrogen and oxygen atoms in total. The third-order valence-corrected chi connectivity index (χ3v) is 1.08. The zero-order valence-electron chi connectivity index (χ0n) is 6.15. The van der Waals surface area contributed by atoms with Gasteiger partial charge in [-0.05, 0) is 18.6 Å².